The van der Waals surface area contributed by atoms with Crippen LogP contribution in [0.5, 0.6) is 5.75 Å². The van der Waals surface area contributed by atoms with E-state index in [1.165, 1.54) is 4.90 Å². The summed E-state index contributed by atoms with van der Waals surface area (Å²) in [7, 11) is 0. The molecule has 1 N–H and O–H groups in total. The van der Waals surface area contributed by atoms with Gasteiger partial charge in [0.25, 0.3) is 5.91 Å². The Kier molecular flexibility index (Phi) is 9.00. The molecule has 0 saturated carbocycles. The van der Waals surface area contributed by atoms with Gasteiger partial charge in [-0.15, -0.1) is 0 Å². The van der Waals surface area contributed by atoms with Crippen molar-refractivity contribution in [2.45, 2.75) is 72.0 Å². The number of carbonyl (C=O) groups excluding carboxylic acids is 2. The minimum atomic E-state index is -0.705. The molecule has 0 aliphatic carbocycles. The number of benzene rings is 2. The molecule has 0 bridgehead atoms. The van der Waals surface area contributed by atoms with Gasteiger partial charge in [-0.25, -0.2) is 0 Å². The highest BCUT2D eigenvalue weighted by Gasteiger charge is 2.29. The van der Waals surface area contributed by atoms with Crippen molar-refractivity contribution in [1.82, 2.24) is 10.2 Å². The smallest absolute Gasteiger partial charge is 0.261 e. The molecule has 2 aromatic carbocycles. The van der Waals surface area contributed by atoms with E-state index < -0.39 is 11.6 Å². The van der Waals surface area contributed by atoms with Crippen LogP contribution in [0.1, 0.15) is 59.6 Å². The molecule has 0 aromatic heterocycles. The predicted molar refractivity (Wildman–Crippen MR) is 138 cm³/mol. The lowest BCUT2D eigenvalue weighted by Crippen LogP contribution is -2.53. The predicted octanol–water partition coefficient (Wildman–Crippen LogP) is 6.11. The maximum Gasteiger partial charge on any atom is 0.261 e. The fourth-order valence-electron chi connectivity index (χ4n) is 3.17. The van der Waals surface area contributed by atoms with Gasteiger partial charge >= 0.3 is 0 Å². The van der Waals surface area contributed by atoms with Crippen molar-refractivity contribution >= 4 is 39.3 Å². The fraction of sp³-hybridized carbons (Fsp3) is 0.462. The van der Waals surface area contributed by atoms with Gasteiger partial charge in [0.05, 0.1) is 4.47 Å². The second-order valence-corrected chi connectivity index (χ2v) is 11.5. The maximum atomic E-state index is 13.2. The van der Waals surface area contributed by atoms with Crippen LogP contribution < -0.4 is 10.1 Å². The van der Waals surface area contributed by atoms with Crippen molar-refractivity contribution < 1.29 is 14.3 Å². The van der Waals surface area contributed by atoms with Gasteiger partial charge in [0.15, 0.2) is 6.61 Å². The van der Waals surface area contributed by atoms with Gasteiger partial charge in [-0.2, -0.15) is 0 Å². The van der Waals surface area contributed by atoms with Crippen LogP contribution in [0.25, 0.3) is 0 Å². The van der Waals surface area contributed by atoms with E-state index in [1.54, 1.807) is 13.0 Å². The third-order valence-electron chi connectivity index (χ3n) is 5.11. The minimum Gasteiger partial charge on any atom is -0.483 e. The molecule has 0 heterocycles. The Balaban J connectivity index is 2.22. The van der Waals surface area contributed by atoms with E-state index in [1.807, 2.05) is 57.2 Å². The third kappa shape index (κ3) is 8.04. The van der Waals surface area contributed by atoms with Gasteiger partial charge in [0.1, 0.15) is 11.8 Å². The van der Waals surface area contributed by atoms with Crippen LogP contribution in [0.3, 0.4) is 0 Å². The Bertz CT molecular complexity index is 996. The molecule has 2 rings (SSSR count). The van der Waals surface area contributed by atoms with Crippen molar-refractivity contribution in [2.24, 2.45) is 0 Å². The highest BCUT2D eigenvalue weighted by molar-refractivity contribution is 9.10. The monoisotopic (exact) mass is 536 g/mol. The summed E-state index contributed by atoms with van der Waals surface area (Å²) in [5, 5.41) is 3.49. The van der Waals surface area contributed by atoms with E-state index in [2.05, 4.69) is 42.0 Å². The number of nitrogens with zero attached hydrogens (tertiary/aromatic N) is 1. The molecular formula is C26H34BrClN2O3. The lowest BCUT2D eigenvalue weighted by Gasteiger charge is -2.31. The average molecular weight is 538 g/mol. The van der Waals surface area contributed by atoms with Crippen LogP contribution in [-0.4, -0.2) is 34.9 Å². The summed E-state index contributed by atoms with van der Waals surface area (Å²) < 4.78 is 6.62. The lowest BCUT2D eigenvalue weighted by molar-refractivity contribution is -0.142. The van der Waals surface area contributed by atoms with Crippen molar-refractivity contribution in [3.63, 3.8) is 0 Å². The molecule has 2 aromatic rings. The van der Waals surface area contributed by atoms with Gasteiger partial charge in [-0.1, -0.05) is 56.6 Å². The third-order valence-corrected chi connectivity index (χ3v) is 6.10. The van der Waals surface area contributed by atoms with E-state index in [4.69, 9.17) is 16.3 Å². The van der Waals surface area contributed by atoms with Crippen LogP contribution in [0.4, 0.5) is 0 Å². The Labute approximate surface area is 211 Å². The van der Waals surface area contributed by atoms with Crippen molar-refractivity contribution in [3.05, 3.63) is 63.1 Å². The Morgan fingerprint density at radius 1 is 1.09 bits per heavy atom. The summed E-state index contributed by atoms with van der Waals surface area (Å²) in [6, 6.07) is 12.4. The molecule has 0 fully saturated rings. The SMILES string of the molecule is C[C@@H](C(=O)NC(C)(C)C)N(Cc1ccccc1Cl)C(=O)COc1ccc(C(C)(C)C)cc1Br. The molecule has 0 aliphatic rings. The normalized spacial score (nSPS) is 12.8. The molecule has 180 valence electrons. The van der Waals surface area contributed by atoms with E-state index in [-0.39, 0.29) is 30.4 Å². The summed E-state index contributed by atoms with van der Waals surface area (Å²) in [5.74, 6) is 0.0257. The zero-order valence-electron chi connectivity index (χ0n) is 20.5. The summed E-state index contributed by atoms with van der Waals surface area (Å²) >= 11 is 9.88. The zero-order valence-corrected chi connectivity index (χ0v) is 22.8. The maximum absolute atomic E-state index is 13.2. The molecule has 5 nitrogen and oxygen atoms in total. The Morgan fingerprint density at radius 2 is 1.73 bits per heavy atom. The van der Waals surface area contributed by atoms with Gasteiger partial charge < -0.3 is 15.0 Å². The van der Waals surface area contributed by atoms with E-state index in [9.17, 15) is 9.59 Å². The first-order chi connectivity index (χ1) is 15.2. The molecule has 1 atom stereocenters. The van der Waals surface area contributed by atoms with Gasteiger partial charge in [0, 0.05) is 17.1 Å². The fourth-order valence-corrected chi connectivity index (χ4v) is 3.86. The second-order valence-electron chi connectivity index (χ2n) is 10.2. The summed E-state index contributed by atoms with van der Waals surface area (Å²) in [4.78, 5) is 27.6. The molecule has 0 spiro atoms. The number of halogens is 2. The van der Waals surface area contributed by atoms with E-state index in [0.29, 0.717) is 10.8 Å². The first-order valence-corrected chi connectivity index (χ1v) is 12.1. The standard InChI is InChI=1S/C26H34BrClN2O3/c1-17(24(32)29-26(5,6)7)30(15-18-10-8-9-11-21(18)28)23(31)16-33-22-13-12-19(14-20(22)27)25(2,3)4/h8-14,17H,15-16H2,1-7H3,(H,29,32)/t17-/m0/s1. The number of nitrogens with one attached hydrogen (secondary N) is 1. The van der Waals surface area contributed by atoms with Crippen LogP contribution >= 0.6 is 27.5 Å². The summed E-state index contributed by atoms with van der Waals surface area (Å²) in [6.45, 7) is 13.8. The number of ether oxygens (including phenoxy) is 1. The first-order valence-electron chi connectivity index (χ1n) is 11.0. The quantitative estimate of drug-likeness (QED) is 0.463. The topological polar surface area (TPSA) is 58.6 Å². The lowest BCUT2D eigenvalue weighted by atomic mass is 9.87. The van der Waals surface area contributed by atoms with Crippen molar-refractivity contribution in [2.75, 3.05) is 6.61 Å². The second kappa shape index (κ2) is 10.9. The highest BCUT2D eigenvalue weighted by Crippen LogP contribution is 2.31. The summed E-state index contributed by atoms with van der Waals surface area (Å²) in [5.41, 5.74) is 1.50. The molecule has 7 heteroatoms. The first kappa shape index (κ1) is 27.2. The van der Waals surface area contributed by atoms with Crippen LogP contribution in [-0.2, 0) is 21.5 Å². The Hall–Kier alpha value is -2.05. The van der Waals surface area contributed by atoms with Gasteiger partial charge in [-0.3, -0.25) is 9.59 Å². The molecule has 33 heavy (non-hydrogen) atoms. The molecule has 0 radical (unpaired) electrons. The van der Waals surface area contributed by atoms with E-state index >= 15 is 0 Å². The van der Waals surface area contributed by atoms with Gasteiger partial charge in [0.2, 0.25) is 5.91 Å². The average Bonchev–Trinajstić information content (AvgIpc) is 2.69. The Morgan fingerprint density at radius 3 is 2.27 bits per heavy atom. The van der Waals surface area contributed by atoms with Gasteiger partial charge in [-0.05, 0) is 78.4 Å². The summed E-state index contributed by atoms with van der Waals surface area (Å²) in [6.07, 6.45) is 0. The highest BCUT2D eigenvalue weighted by atomic mass is 79.9. The molecule has 0 aliphatic heterocycles. The number of amides is 2. The van der Waals surface area contributed by atoms with Crippen LogP contribution in [0.15, 0.2) is 46.9 Å². The molecule has 0 unspecified atom stereocenters. The number of carbonyl (C=O) groups is 2. The zero-order chi connectivity index (χ0) is 25.0. The number of hydrogen-bond acceptors (Lipinski definition) is 3. The minimum absolute atomic E-state index is 0.00152. The van der Waals surface area contributed by atoms with Crippen molar-refractivity contribution in [1.29, 1.82) is 0 Å². The number of hydrogen-bond donors (Lipinski definition) is 1. The van der Waals surface area contributed by atoms with E-state index in [0.717, 1.165) is 15.6 Å². The largest absolute Gasteiger partial charge is 0.483 e. The number of rotatable bonds is 7. The van der Waals surface area contributed by atoms with Crippen molar-refractivity contribution in [3.8, 4) is 5.75 Å². The molecular weight excluding hydrogens is 504 g/mol. The van der Waals surface area contributed by atoms with Crippen LogP contribution in [0.2, 0.25) is 5.02 Å². The van der Waals surface area contributed by atoms with Crippen LogP contribution in [0, 0.1) is 0 Å². The molecule has 2 amide bonds. The molecule has 0 saturated heterocycles.